The molecule has 2 aliphatic heterocycles. The van der Waals surface area contributed by atoms with Gasteiger partial charge in [-0.25, -0.2) is 4.98 Å². The Kier molecular flexibility index (Phi) is 3.86. The molecule has 22 heavy (non-hydrogen) atoms. The molecular formula is C17H25N5. The first kappa shape index (κ1) is 14.2. The van der Waals surface area contributed by atoms with Crippen LogP contribution in [0.15, 0.2) is 18.2 Å². The van der Waals surface area contributed by atoms with Crippen LogP contribution in [-0.2, 0) is 6.54 Å². The summed E-state index contributed by atoms with van der Waals surface area (Å²) < 4.78 is 0. The SMILES string of the molecule is Cc1ccc2nc(CN3CCN(C4CCNC4)CC3)[nH]c2c1. The minimum Gasteiger partial charge on any atom is -0.341 e. The molecule has 4 rings (SSSR count). The Morgan fingerprint density at radius 1 is 1.23 bits per heavy atom. The minimum atomic E-state index is 0.760. The zero-order valence-corrected chi connectivity index (χ0v) is 13.3. The minimum absolute atomic E-state index is 0.760. The van der Waals surface area contributed by atoms with E-state index in [0.29, 0.717) is 0 Å². The van der Waals surface area contributed by atoms with Crippen LogP contribution in [0, 0.1) is 6.92 Å². The standard InChI is InChI=1S/C17H25N5/c1-13-2-3-15-16(10-13)20-17(19-15)12-21-6-8-22(9-7-21)14-4-5-18-11-14/h2-3,10,14,18H,4-9,11-12H2,1H3,(H,19,20). The predicted molar refractivity (Wildman–Crippen MR) is 89.0 cm³/mol. The maximum atomic E-state index is 4.72. The summed E-state index contributed by atoms with van der Waals surface area (Å²) in [5, 5.41) is 3.47. The quantitative estimate of drug-likeness (QED) is 0.898. The molecule has 2 fully saturated rings. The largest absolute Gasteiger partial charge is 0.341 e. The van der Waals surface area contributed by atoms with Crippen molar-refractivity contribution in [2.45, 2.75) is 25.9 Å². The van der Waals surface area contributed by atoms with Crippen LogP contribution in [0.5, 0.6) is 0 Å². The number of benzene rings is 1. The molecule has 0 spiro atoms. The molecule has 2 aliphatic rings. The molecule has 1 aromatic heterocycles. The van der Waals surface area contributed by atoms with Gasteiger partial charge < -0.3 is 10.3 Å². The molecule has 0 radical (unpaired) electrons. The maximum absolute atomic E-state index is 4.72. The van der Waals surface area contributed by atoms with Gasteiger partial charge in [0.15, 0.2) is 0 Å². The van der Waals surface area contributed by atoms with E-state index in [-0.39, 0.29) is 0 Å². The van der Waals surface area contributed by atoms with Gasteiger partial charge in [-0.1, -0.05) is 6.07 Å². The van der Waals surface area contributed by atoms with Crippen LogP contribution in [-0.4, -0.2) is 65.1 Å². The van der Waals surface area contributed by atoms with Crippen LogP contribution >= 0.6 is 0 Å². The molecule has 0 saturated carbocycles. The van der Waals surface area contributed by atoms with Crippen molar-refractivity contribution >= 4 is 11.0 Å². The van der Waals surface area contributed by atoms with Crippen molar-refractivity contribution in [2.75, 3.05) is 39.3 Å². The van der Waals surface area contributed by atoms with E-state index in [0.717, 1.165) is 42.5 Å². The fourth-order valence-electron chi connectivity index (χ4n) is 3.70. The summed E-state index contributed by atoms with van der Waals surface area (Å²) >= 11 is 0. The first-order valence-corrected chi connectivity index (χ1v) is 8.40. The van der Waals surface area contributed by atoms with Crippen molar-refractivity contribution in [3.63, 3.8) is 0 Å². The third-order valence-electron chi connectivity index (χ3n) is 5.02. The second-order valence-electron chi connectivity index (χ2n) is 6.66. The van der Waals surface area contributed by atoms with E-state index in [4.69, 9.17) is 4.98 Å². The fourth-order valence-corrected chi connectivity index (χ4v) is 3.70. The van der Waals surface area contributed by atoms with E-state index >= 15 is 0 Å². The molecule has 1 unspecified atom stereocenters. The van der Waals surface area contributed by atoms with Crippen molar-refractivity contribution < 1.29 is 0 Å². The zero-order valence-electron chi connectivity index (χ0n) is 13.3. The third kappa shape index (κ3) is 2.89. The lowest BCUT2D eigenvalue weighted by molar-refractivity contribution is 0.0967. The number of nitrogens with zero attached hydrogens (tertiary/aromatic N) is 3. The third-order valence-corrected chi connectivity index (χ3v) is 5.02. The average Bonchev–Trinajstić information content (AvgIpc) is 3.16. The summed E-state index contributed by atoms with van der Waals surface area (Å²) in [5.41, 5.74) is 3.52. The van der Waals surface area contributed by atoms with Crippen molar-refractivity contribution in [1.29, 1.82) is 0 Å². The van der Waals surface area contributed by atoms with Gasteiger partial charge in [-0.3, -0.25) is 9.80 Å². The lowest BCUT2D eigenvalue weighted by atomic mass is 10.2. The number of imidazole rings is 1. The second-order valence-corrected chi connectivity index (χ2v) is 6.66. The second kappa shape index (κ2) is 5.99. The van der Waals surface area contributed by atoms with E-state index in [1.165, 1.54) is 38.2 Å². The summed E-state index contributed by atoms with van der Waals surface area (Å²) in [7, 11) is 0. The van der Waals surface area contributed by atoms with Crippen molar-refractivity contribution in [3.05, 3.63) is 29.6 Å². The summed E-state index contributed by atoms with van der Waals surface area (Å²) in [6.07, 6.45) is 1.31. The number of aromatic nitrogens is 2. The van der Waals surface area contributed by atoms with E-state index in [1.807, 2.05) is 0 Å². The van der Waals surface area contributed by atoms with Gasteiger partial charge in [0.1, 0.15) is 5.82 Å². The molecule has 1 aromatic carbocycles. The van der Waals surface area contributed by atoms with Gasteiger partial charge in [-0.05, 0) is 37.6 Å². The Morgan fingerprint density at radius 3 is 2.86 bits per heavy atom. The predicted octanol–water partition coefficient (Wildman–Crippen LogP) is 1.35. The number of hydrogen-bond donors (Lipinski definition) is 2. The first-order valence-electron chi connectivity index (χ1n) is 8.40. The topological polar surface area (TPSA) is 47.2 Å². The number of fused-ring (bicyclic) bond motifs is 1. The molecular weight excluding hydrogens is 274 g/mol. The van der Waals surface area contributed by atoms with Crippen molar-refractivity contribution in [2.24, 2.45) is 0 Å². The molecule has 118 valence electrons. The van der Waals surface area contributed by atoms with Crippen LogP contribution in [0.1, 0.15) is 17.8 Å². The molecule has 5 nitrogen and oxygen atoms in total. The highest BCUT2D eigenvalue weighted by atomic mass is 15.3. The smallest absolute Gasteiger partial charge is 0.121 e. The highest BCUT2D eigenvalue weighted by Crippen LogP contribution is 2.16. The Bertz CT molecular complexity index is 636. The normalized spacial score (nSPS) is 24.3. The summed E-state index contributed by atoms with van der Waals surface area (Å²) in [6, 6.07) is 7.17. The number of piperazine rings is 1. The molecule has 0 amide bonds. The molecule has 0 bridgehead atoms. The number of nitrogens with one attached hydrogen (secondary N) is 2. The van der Waals surface area contributed by atoms with Crippen molar-refractivity contribution in [3.8, 4) is 0 Å². The van der Waals surface area contributed by atoms with Gasteiger partial charge in [0, 0.05) is 38.8 Å². The molecule has 2 N–H and O–H groups in total. The van der Waals surface area contributed by atoms with E-state index < -0.39 is 0 Å². The Labute approximate surface area is 131 Å². The Morgan fingerprint density at radius 2 is 2.09 bits per heavy atom. The van der Waals surface area contributed by atoms with Gasteiger partial charge in [0.25, 0.3) is 0 Å². The van der Waals surface area contributed by atoms with E-state index in [2.05, 4.69) is 45.2 Å². The summed E-state index contributed by atoms with van der Waals surface area (Å²) in [4.78, 5) is 13.4. The van der Waals surface area contributed by atoms with Crippen molar-refractivity contribution in [1.82, 2.24) is 25.1 Å². The van der Waals surface area contributed by atoms with Gasteiger partial charge in [-0.2, -0.15) is 0 Å². The van der Waals surface area contributed by atoms with Gasteiger partial charge >= 0.3 is 0 Å². The van der Waals surface area contributed by atoms with Gasteiger partial charge in [-0.15, -0.1) is 0 Å². The highest BCUT2D eigenvalue weighted by molar-refractivity contribution is 5.75. The van der Waals surface area contributed by atoms with Gasteiger partial charge in [0.05, 0.1) is 17.6 Å². The van der Waals surface area contributed by atoms with Crippen LogP contribution in [0.3, 0.4) is 0 Å². The highest BCUT2D eigenvalue weighted by Gasteiger charge is 2.26. The lowest BCUT2D eigenvalue weighted by Gasteiger charge is -2.37. The Balaban J connectivity index is 1.37. The fraction of sp³-hybridized carbons (Fsp3) is 0.588. The maximum Gasteiger partial charge on any atom is 0.121 e. The molecule has 0 aliphatic carbocycles. The summed E-state index contributed by atoms with van der Waals surface area (Å²) in [6.45, 7) is 10.1. The van der Waals surface area contributed by atoms with Crippen LogP contribution < -0.4 is 5.32 Å². The van der Waals surface area contributed by atoms with Crippen LogP contribution in [0.25, 0.3) is 11.0 Å². The number of hydrogen-bond acceptors (Lipinski definition) is 4. The van der Waals surface area contributed by atoms with Gasteiger partial charge in [0.2, 0.25) is 0 Å². The molecule has 2 saturated heterocycles. The number of aromatic amines is 1. The molecule has 3 heterocycles. The first-order chi connectivity index (χ1) is 10.8. The molecule has 5 heteroatoms. The number of aryl methyl sites for hydroxylation is 1. The molecule has 2 aromatic rings. The Hall–Kier alpha value is -1.43. The monoisotopic (exact) mass is 299 g/mol. The van der Waals surface area contributed by atoms with E-state index in [9.17, 15) is 0 Å². The van der Waals surface area contributed by atoms with Crippen LogP contribution in [0.4, 0.5) is 0 Å². The molecule has 1 atom stereocenters. The summed E-state index contributed by atoms with van der Waals surface area (Å²) in [5.74, 6) is 1.09. The zero-order chi connectivity index (χ0) is 14.9. The number of rotatable bonds is 3. The van der Waals surface area contributed by atoms with Crippen LogP contribution in [0.2, 0.25) is 0 Å². The lowest BCUT2D eigenvalue weighted by Crippen LogP contribution is -2.50. The number of H-pyrrole nitrogens is 1. The van der Waals surface area contributed by atoms with E-state index in [1.54, 1.807) is 0 Å². The average molecular weight is 299 g/mol.